The van der Waals surface area contributed by atoms with Crippen LogP contribution in [0, 0.1) is 0 Å². The van der Waals surface area contributed by atoms with E-state index >= 15 is 0 Å². The molecule has 0 bridgehead atoms. The Balaban J connectivity index is 4.28. The topological polar surface area (TPSA) is 78.9 Å². The molecule has 0 spiro atoms. The molecule has 0 saturated heterocycles. The summed E-state index contributed by atoms with van der Waals surface area (Å²) >= 11 is 0. The standard InChI is InChI=1S/C77H140O6/c1-4-7-10-13-16-19-22-25-28-31-33-35-36-37-38-39-40-41-43-44-46-49-52-55-58-61-64-67-70-76(79)82-73-74(72-81-75(78)69-66-63-60-57-54-51-48-30-27-24-21-18-15-12-9-6-3)83-77(80)71-68-65-62-59-56-53-50-47-45-42-34-32-29-26-23-20-17-14-11-8-5-2/h8,11,17,20,26,29,34,42,47,50,74H,4-7,9-10,12-16,18-19,21-25,27-28,30-33,35-41,43-46,48-49,51-73H2,1-3H3/b11-8-,20-17-,29-26-,42-34-,50-47-. The maximum Gasteiger partial charge on any atom is 0.306 e. The smallest absolute Gasteiger partial charge is 0.306 e. The number of rotatable bonds is 68. The van der Waals surface area contributed by atoms with Crippen molar-refractivity contribution in [1.82, 2.24) is 0 Å². The van der Waals surface area contributed by atoms with Gasteiger partial charge in [0.2, 0.25) is 0 Å². The number of esters is 3. The summed E-state index contributed by atoms with van der Waals surface area (Å²) in [7, 11) is 0. The van der Waals surface area contributed by atoms with E-state index in [0.717, 1.165) is 109 Å². The van der Waals surface area contributed by atoms with Crippen molar-refractivity contribution in [1.29, 1.82) is 0 Å². The monoisotopic (exact) mass is 1160 g/mol. The van der Waals surface area contributed by atoms with Crippen molar-refractivity contribution in [2.45, 2.75) is 399 Å². The summed E-state index contributed by atoms with van der Waals surface area (Å²) in [6, 6.07) is 0. The molecule has 0 rings (SSSR count). The third-order valence-electron chi connectivity index (χ3n) is 16.5. The molecule has 1 unspecified atom stereocenters. The van der Waals surface area contributed by atoms with Crippen LogP contribution in [0.1, 0.15) is 393 Å². The molecule has 0 heterocycles. The molecule has 484 valence electrons. The number of allylic oxidation sites excluding steroid dienone is 10. The normalized spacial score (nSPS) is 12.4. The molecule has 0 aliphatic carbocycles. The Morgan fingerprint density at radius 3 is 0.735 bits per heavy atom. The Morgan fingerprint density at radius 2 is 0.470 bits per heavy atom. The highest BCUT2D eigenvalue weighted by atomic mass is 16.6. The van der Waals surface area contributed by atoms with E-state index in [-0.39, 0.29) is 31.1 Å². The average molecular weight is 1160 g/mol. The van der Waals surface area contributed by atoms with Gasteiger partial charge in [0, 0.05) is 19.3 Å². The first-order valence-electron chi connectivity index (χ1n) is 36.8. The van der Waals surface area contributed by atoms with Gasteiger partial charge in [-0.05, 0) is 64.2 Å². The zero-order chi connectivity index (χ0) is 59.9. The van der Waals surface area contributed by atoms with E-state index in [4.69, 9.17) is 14.2 Å². The third kappa shape index (κ3) is 69.8. The quantitative estimate of drug-likeness (QED) is 0.0261. The lowest BCUT2D eigenvalue weighted by molar-refractivity contribution is -0.167. The molecule has 6 nitrogen and oxygen atoms in total. The summed E-state index contributed by atoms with van der Waals surface area (Å²) in [6.45, 7) is 6.59. The van der Waals surface area contributed by atoms with Gasteiger partial charge >= 0.3 is 17.9 Å². The van der Waals surface area contributed by atoms with Crippen LogP contribution in [0.5, 0.6) is 0 Å². The van der Waals surface area contributed by atoms with Crippen LogP contribution in [0.15, 0.2) is 60.8 Å². The lowest BCUT2D eigenvalue weighted by Crippen LogP contribution is -2.30. The Labute approximate surface area is 517 Å². The minimum atomic E-state index is -0.784. The number of hydrogen-bond donors (Lipinski definition) is 0. The number of unbranched alkanes of at least 4 members (excludes halogenated alkanes) is 47. The highest BCUT2D eigenvalue weighted by Gasteiger charge is 2.19. The highest BCUT2D eigenvalue weighted by molar-refractivity contribution is 5.71. The molecule has 6 heteroatoms. The van der Waals surface area contributed by atoms with Gasteiger partial charge in [-0.3, -0.25) is 14.4 Å². The van der Waals surface area contributed by atoms with Gasteiger partial charge in [0.05, 0.1) is 0 Å². The Morgan fingerprint density at radius 1 is 0.253 bits per heavy atom. The van der Waals surface area contributed by atoms with Crippen molar-refractivity contribution >= 4 is 17.9 Å². The lowest BCUT2D eigenvalue weighted by atomic mass is 10.0. The molecule has 0 aromatic carbocycles. The highest BCUT2D eigenvalue weighted by Crippen LogP contribution is 2.19. The summed E-state index contributed by atoms with van der Waals surface area (Å²) < 4.78 is 17.0. The second-order valence-electron chi connectivity index (χ2n) is 24.8. The SMILES string of the molecule is CC/C=C\C/C=C\C/C=C\C/C=C\C/C=C\CCCCCCCC(=O)OC(COC(=O)CCCCCCCCCCCCCCCCCC)COC(=O)CCCCCCCCCCCCCCCCCCCCCCCCCCCCCC. The molecule has 0 radical (unpaired) electrons. The van der Waals surface area contributed by atoms with E-state index in [1.807, 2.05) is 0 Å². The molecule has 83 heavy (non-hydrogen) atoms. The van der Waals surface area contributed by atoms with E-state index < -0.39 is 6.10 Å². The number of carbonyl (C=O) groups excluding carboxylic acids is 3. The van der Waals surface area contributed by atoms with Crippen molar-refractivity contribution in [3.63, 3.8) is 0 Å². The number of hydrogen-bond acceptors (Lipinski definition) is 6. The molecule has 0 aromatic rings. The zero-order valence-corrected chi connectivity index (χ0v) is 55.7. The van der Waals surface area contributed by atoms with E-state index in [1.165, 1.54) is 244 Å². The Bertz CT molecular complexity index is 1470. The van der Waals surface area contributed by atoms with Crippen LogP contribution in [0.25, 0.3) is 0 Å². The number of carbonyl (C=O) groups is 3. The van der Waals surface area contributed by atoms with Crippen LogP contribution < -0.4 is 0 Å². The van der Waals surface area contributed by atoms with E-state index in [9.17, 15) is 14.4 Å². The first-order chi connectivity index (χ1) is 41.0. The molecular formula is C77H140O6. The summed E-state index contributed by atoms with van der Waals surface area (Å²) in [5, 5.41) is 0. The van der Waals surface area contributed by atoms with Crippen LogP contribution in [0.4, 0.5) is 0 Å². The summed E-state index contributed by atoms with van der Waals surface area (Å²) in [5.74, 6) is -0.868. The molecule has 0 aliphatic heterocycles. The van der Waals surface area contributed by atoms with Gasteiger partial charge in [0.15, 0.2) is 6.10 Å². The predicted octanol–water partition coefficient (Wildman–Crippen LogP) is 25.5. The summed E-state index contributed by atoms with van der Waals surface area (Å²) in [5.41, 5.74) is 0. The van der Waals surface area contributed by atoms with Crippen molar-refractivity contribution in [2.75, 3.05) is 13.2 Å². The molecule has 0 amide bonds. The van der Waals surface area contributed by atoms with Gasteiger partial charge in [0.25, 0.3) is 0 Å². The Hall–Kier alpha value is -2.89. The largest absolute Gasteiger partial charge is 0.462 e. The molecular weight excluding hydrogens is 1020 g/mol. The van der Waals surface area contributed by atoms with Gasteiger partial charge in [-0.15, -0.1) is 0 Å². The van der Waals surface area contributed by atoms with Gasteiger partial charge in [-0.2, -0.15) is 0 Å². The minimum Gasteiger partial charge on any atom is -0.462 e. The van der Waals surface area contributed by atoms with Gasteiger partial charge in [-0.25, -0.2) is 0 Å². The van der Waals surface area contributed by atoms with Gasteiger partial charge in [-0.1, -0.05) is 370 Å². The fraction of sp³-hybridized carbons (Fsp3) is 0.831. The maximum absolute atomic E-state index is 13.0. The third-order valence-corrected chi connectivity index (χ3v) is 16.5. The molecule has 0 N–H and O–H groups in total. The first-order valence-corrected chi connectivity index (χ1v) is 36.8. The molecule has 0 fully saturated rings. The van der Waals surface area contributed by atoms with Gasteiger partial charge < -0.3 is 14.2 Å². The Kier molecular flexibility index (Phi) is 69.1. The fourth-order valence-electron chi connectivity index (χ4n) is 11.1. The lowest BCUT2D eigenvalue weighted by Gasteiger charge is -2.18. The van der Waals surface area contributed by atoms with Gasteiger partial charge in [0.1, 0.15) is 13.2 Å². The van der Waals surface area contributed by atoms with E-state index in [2.05, 4.69) is 81.5 Å². The number of ether oxygens (including phenoxy) is 3. The van der Waals surface area contributed by atoms with Crippen molar-refractivity contribution in [3.8, 4) is 0 Å². The van der Waals surface area contributed by atoms with Crippen molar-refractivity contribution in [3.05, 3.63) is 60.8 Å². The molecule has 0 aromatic heterocycles. The van der Waals surface area contributed by atoms with Crippen LogP contribution in [-0.2, 0) is 28.6 Å². The van der Waals surface area contributed by atoms with Crippen molar-refractivity contribution in [2.24, 2.45) is 0 Å². The zero-order valence-electron chi connectivity index (χ0n) is 55.7. The molecule has 0 aliphatic rings. The molecule has 1 atom stereocenters. The predicted molar refractivity (Wildman–Crippen MR) is 362 cm³/mol. The fourth-order valence-corrected chi connectivity index (χ4v) is 11.1. The first kappa shape index (κ1) is 80.1. The van der Waals surface area contributed by atoms with Crippen LogP contribution in [0.3, 0.4) is 0 Å². The maximum atomic E-state index is 13.0. The molecule has 0 saturated carbocycles. The van der Waals surface area contributed by atoms with Crippen LogP contribution in [-0.4, -0.2) is 37.2 Å². The second-order valence-corrected chi connectivity index (χ2v) is 24.8. The van der Waals surface area contributed by atoms with Crippen LogP contribution in [0.2, 0.25) is 0 Å². The van der Waals surface area contributed by atoms with E-state index in [0.29, 0.717) is 19.3 Å². The average Bonchev–Trinajstić information content (AvgIpc) is 3.50. The minimum absolute atomic E-state index is 0.0771. The summed E-state index contributed by atoms with van der Waals surface area (Å²) in [6.07, 6.45) is 92.6. The van der Waals surface area contributed by atoms with Crippen LogP contribution >= 0.6 is 0 Å². The second kappa shape index (κ2) is 71.6. The van der Waals surface area contributed by atoms with Crippen molar-refractivity contribution < 1.29 is 28.6 Å². The summed E-state index contributed by atoms with van der Waals surface area (Å²) in [4.78, 5) is 38.5. The van der Waals surface area contributed by atoms with E-state index in [1.54, 1.807) is 0 Å².